The molecule has 1 aromatic carbocycles. The largest absolute Gasteiger partial charge is 0.387 e. The number of aliphatic hydroxyl groups is 1. The number of pyridine rings is 1. The summed E-state index contributed by atoms with van der Waals surface area (Å²) in [5, 5.41) is 16.3. The number of hydrogen-bond acceptors (Lipinski definition) is 4. The molecule has 3 heterocycles. The number of piperidine rings is 1. The van der Waals surface area contributed by atoms with Crippen molar-refractivity contribution in [2.24, 2.45) is 5.92 Å². The smallest absolute Gasteiger partial charge is 0.263 e. The van der Waals surface area contributed by atoms with Crippen LogP contribution in [0.15, 0.2) is 47.3 Å². The third-order valence-corrected chi connectivity index (χ3v) is 5.39. The van der Waals surface area contributed by atoms with Crippen molar-refractivity contribution in [3.63, 3.8) is 0 Å². The number of benzene rings is 1. The van der Waals surface area contributed by atoms with Crippen molar-refractivity contribution in [1.82, 2.24) is 15.2 Å². The number of rotatable bonds is 4. The summed E-state index contributed by atoms with van der Waals surface area (Å²) in [5.41, 5.74) is 1.65. The number of carbonyl (C=O) groups excluding carboxylic acids is 1. The van der Waals surface area contributed by atoms with Gasteiger partial charge in [0.2, 0.25) is 0 Å². The second-order valence-corrected chi connectivity index (χ2v) is 7.18. The lowest BCUT2D eigenvalue weighted by molar-refractivity contribution is 0.0913. The third-order valence-electron chi connectivity index (χ3n) is 5.39. The molecule has 0 spiro atoms. The zero-order valence-electron chi connectivity index (χ0n) is 14.5. The van der Waals surface area contributed by atoms with E-state index in [1.54, 1.807) is 22.8 Å². The molecule has 1 fully saturated rings. The van der Waals surface area contributed by atoms with Gasteiger partial charge in [-0.3, -0.25) is 9.59 Å². The second-order valence-electron chi connectivity index (χ2n) is 7.18. The highest BCUT2D eigenvalue weighted by Gasteiger charge is 2.31. The average molecular weight is 353 g/mol. The highest BCUT2D eigenvalue weighted by molar-refractivity contribution is 5.93. The summed E-state index contributed by atoms with van der Waals surface area (Å²) in [7, 11) is 0. The highest BCUT2D eigenvalue weighted by Crippen LogP contribution is 2.31. The molecule has 26 heavy (non-hydrogen) atoms. The molecule has 3 atom stereocenters. The molecule has 2 aliphatic heterocycles. The molecule has 3 N–H and O–H groups in total. The van der Waals surface area contributed by atoms with E-state index >= 15 is 0 Å². The lowest BCUT2D eigenvalue weighted by Crippen LogP contribution is -2.46. The summed E-state index contributed by atoms with van der Waals surface area (Å²) < 4.78 is 1.77. The molecule has 6 nitrogen and oxygen atoms in total. The molecule has 2 aromatic rings. The van der Waals surface area contributed by atoms with Gasteiger partial charge in [0, 0.05) is 31.2 Å². The summed E-state index contributed by atoms with van der Waals surface area (Å²) in [5.74, 6) is 0.346. The molecule has 2 aliphatic rings. The Hall–Kier alpha value is -2.44. The van der Waals surface area contributed by atoms with E-state index in [2.05, 4.69) is 10.6 Å². The van der Waals surface area contributed by atoms with Gasteiger partial charge in [-0.2, -0.15) is 0 Å². The van der Waals surface area contributed by atoms with Crippen LogP contribution in [0.5, 0.6) is 0 Å². The van der Waals surface area contributed by atoms with E-state index in [-0.39, 0.29) is 17.7 Å². The van der Waals surface area contributed by atoms with Crippen LogP contribution in [0.2, 0.25) is 0 Å². The van der Waals surface area contributed by atoms with Gasteiger partial charge in [-0.05, 0) is 36.6 Å². The lowest BCUT2D eigenvalue weighted by atomic mass is 9.84. The molecule has 0 aliphatic carbocycles. The monoisotopic (exact) mass is 353 g/mol. The van der Waals surface area contributed by atoms with Crippen molar-refractivity contribution in [3.05, 3.63) is 69.6 Å². The Labute approximate surface area is 151 Å². The van der Waals surface area contributed by atoms with Gasteiger partial charge in [0.1, 0.15) is 5.56 Å². The molecule has 1 saturated heterocycles. The Morgan fingerprint density at radius 3 is 2.85 bits per heavy atom. The van der Waals surface area contributed by atoms with Crippen LogP contribution in [0.25, 0.3) is 0 Å². The summed E-state index contributed by atoms with van der Waals surface area (Å²) in [6.07, 6.45) is 0.298. The van der Waals surface area contributed by atoms with E-state index in [0.717, 1.165) is 30.8 Å². The fraction of sp³-hybridized carbons (Fsp3) is 0.400. The fourth-order valence-corrected chi connectivity index (χ4v) is 4.04. The minimum atomic E-state index is -0.800. The summed E-state index contributed by atoms with van der Waals surface area (Å²) in [6, 6.07) is 12.7. The Morgan fingerprint density at radius 2 is 2.04 bits per heavy atom. The standard InChI is InChI=1S/C20H23N3O3/c24-18(14-4-2-1-3-5-14)11-22-19(25)16-6-7-17-15-8-13(9-21-10-15)12-23(17)20(16)26/h1-7,13,15,18,21,24H,8-12H2,(H,22,25)/t13-,15+,18-/m0/s1. The highest BCUT2D eigenvalue weighted by atomic mass is 16.3. The Kier molecular flexibility index (Phi) is 4.61. The molecular weight excluding hydrogens is 330 g/mol. The number of fused-ring (bicyclic) bond motifs is 4. The third kappa shape index (κ3) is 3.18. The summed E-state index contributed by atoms with van der Waals surface area (Å²) in [6.45, 7) is 2.53. The van der Waals surface area contributed by atoms with Crippen molar-refractivity contribution in [3.8, 4) is 0 Å². The Bertz CT molecular complexity index is 862. The fourth-order valence-electron chi connectivity index (χ4n) is 4.04. The first-order valence-electron chi connectivity index (χ1n) is 9.09. The van der Waals surface area contributed by atoms with Crippen LogP contribution in [0.1, 0.15) is 40.1 Å². The summed E-state index contributed by atoms with van der Waals surface area (Å²) >= 11 is 0. The number of aromatic nitrogens is 1. The lowest BCUT2D eigenvalue weighted by Gasteiger charge is -2.37. The van der Waals surface area contributed by atoms with Crippen LogP contribution in [0, 0.1) is 5.92 Å². The average Bonchev–Trinajstić information content (AvgIpc) is 2.67. The molecular formula is C20H23N3O3. The van der Waals surface area contributed by atoms with Crippen molar-refractivity contribution >= 4 is 5.91 Å². The quantitative estimate of drug-likeness (QED) is 0.766. The Morgan fingerprint density at radius 1 is 1.23 bits per heavy atom. The first kappa shape index (κ1) is 17.0. The predicted octanol–water partition coefficient (Wildman–Crippen LogP) is 1.02. The number of hydrogen-bond donors (Lipinski definition) is 3. The SMILES string of the molecule is O=C(NC[C@H](O)c1ccccc1)c1ccc2n(c1=O)C[C@@H]1CNC[C@H]2C1. The van der Waals surface area contributed by atoms with Crippen LogP contribution in [-0.2, 0) is 6.54 Å². The summed E-state index contributed by atoms with van der Waals surface area (Å²) in [4.78, 5) is 25.3. The van der Waals surface area contributed by atoms with E-state index in [4.69, 9.17) is 0 Å². The molecule has 1 amide bonds. The number of aliphatic hydroxyl groups excluding tert-OH is 1. The molecule has 4 rings (SSSR count). The van der Waals surface area contributed by atoms with Gasteiger partial charge < -0.3 is 20.3 Å². The van der Waals surface area contributed by atoms with Gasteiger partial charge in [-0.1, -0.05) is 30.3 Å². The first-order valence-corrected chi connectivity index (χ1v) is 9.09. The minimum Gasteiger partial charge on any atom is -0.387 e. The van der Waals surface area contributed by atoms with Crippen LogP contribution < -0.4 is 16.2 Å². The molecule has 1 aromatic heterocycles. The zero-order chi connectivity index (χ0) is 18.1. The van der Waals surface area contributed by atoms with Crippen LogP contribution in [0.4, 0.5) is 0 Å². The van der Waals surface area contributed by atoms with Crippen molar-refractivity contribution in [2.45, 2.75) is 25.0 Å². The van der Waals surface area contributed by atoms with Gasteiger partial charge in [-0.15, -0.1) is 0 Å². The van der Waals surface area contributed by atoms with E-state index < -0.39 is 12.0 Å². The predicted molar refractivity (Wildman–Crippen MR) is 98.2 cm³/mol. The molecule has 0 saturated carbocycles. The molecule has 136 valence electrons. The number of nitrogens with zero attached hydrogens (tertiary/aromatic N) is 1. The first-order chi connectivity index (χ1) is 12.6. The number of nitrogens with one attached hydrogen (secondary N) is 2. The van der Waals surface area contributed by atoms with E-state index in [1.807, 2.05) is 24.3 Å². The van der Waals surface area contributed by atoms with Crippen molar-refractivity contribution in [2.75, 3.05) is 19.6 Å². The van der Waals surface area contributed by atoms with Gasteiger partial charge in [0.05, 0.1) is 6.10 Å². The second kappa shape index (κ2) is 7.05. The van der Waals surface area contributed by atoms with Crippen molar-refractivity contribution < 1.29 is 9.90 Å². The zero-order valence-corrected chi connectivity index (χ0v) is 14.5. The van der Waals surface area contributed by atoms with Crippen LogP contribution in [-0.4, -0.2) is 35.2 Å². The van der Waals surface area contributed by atoms with E-state index in [0.29, 0.717) is 18.4 Å². The number of amides is 1. The molecule has 0 unspecified atom stereocenters. The maximum Gasteiger partial charge on any atom is 0.263 e. The topological polar surface area (TPSA) is 83.4 Å². The molecule has 0 radical (unpaired) electrons. The van der Waals surface area contributed by atoms with E-state index in [1.165, 1.54) is 0 Å². The van der Waals surface area contributed by atoms with Crippen LogP contribution in [0.3, 0.4) is 0 Å². The normalized spacial score (nSPS) is 22.3. The van der Waals surface area contributed by atoms with Gasteiger partial charge in [0.15, 0.2) is 0 Å². The Balaban J connectivity index is 1.50. The van der Waals surface area contributed by atoms with Gasteiger partial charge in [-0.25, -0.2) is 0 Å². The molecule has 6 heteroatoms. The maximum absolute atomic E-state index is 12.8. The van der Waals surface area contributed by atoms with Gasteiger partial charge in [0.25, 0.3) is 11.5 Å². The van der Waals surface area contributed by atoms with Crippen LogP contribution >= 0.6 is 0 Å². The maximum atomic E-state index is 12.8. The van der Waals surface area contributed by atoms with Crippen molar-refractivity contribution in [1.29, 1.82) is 0 Å². The molecule has 2 bridgehead atoms. The number of carbonyl (C=O) groups is 1. The minimum absolute atomic E-state index is 0.0687. The van der Waals surface area contributed by atoms with Gasteiger partial charge >= 0.3 is 0 Å². The van der Waals surface area contributed by atoms with E-state index in [9.17, 15) is 14.7 Å².